The number of carbonyl (C=O) groups is 2. The Morgan fingerprint density at radius 3 is 2.27 bits per heavy atom. The van der Waals surface area contributed by atoms with Crippen molar-refractivity contribution in [1.29, 1.82) is 0 Å². The van der Waals surface area contributed by atoms with Gasteiger partial charge in [-0.3, -0.25) is 13.9 Å². The maximum atomic E-state index is 13.6. The van der Waals surface area contributed by atoms with Gasteiger partial charge in [-0.1, -0.05) is 43.2 Å². The van der Waals surface area contributed by atoms with E-state index in [0.717, 1.165) is 41.8 Å². The number of nitrogens with one attached hydrogen (secondary N) is 1. The fourth-order valence-corrected chi connectivity index (χ4v) is 5.40. The summed E-state index contributed by atoms with van der Waals surface area (Å²) in [5.74, 6) is 0.0783. The monoisotopic (exact) mass is 531 g/mol. The van der Waals surface area contributed by atoms with E-state index < -0.39 is 28.5 Å². The van der Waals surface area contributed by atoms with Gasteiger partial charge in [0.05, 0.1) is 26.2 Å². The van der Waals surface area contributed by atoms with Gasteiger partial charge in [-0.25, -0.2) is 8.42 Å². The second kappa shape index (κ2) is 12.8. The summed E-state index contributed by atoms with van der Waals surface area (Å²) in [6, 6.07) is 13.7. The van der Waals surface area contributed by atoms with Crippen molar-refractivity contribution in [2.45, 2.75) is 51.1 Å². The lowest BCUT2D eigenvalue weighted by Gasteiger charge is -2.32. The van der Waals surface area contributed by atoms with Crippen molar-refractivity contribution in [1.82, 2.24) is 10.2 Å². The molecule has 1 fully saturated rings. The number of rotatable bonds is 12. The highest BCUT2D eigenvalue weighted by molar-refractivity contribution is 7.92. The fourth-order valence-electron chi connectivity index (χ4n) is 4.56. The molecule has 10 heteroatoms. The number of hydrogen-bond donors (Lipinski definition) is 1. The van der Waals surface area contributed by atoms with Crippen molar-refractivity contribution in [3.8, 4) is 11.5 Å². The number of nitrogens with zero attached hydrogens (tertiary/aromatic N) is 2. The van der Waals surface area contributed by atoms with Gasteiger partial charge >= 0.3 is 0 Å². The Morgan fingerprint density at radius 1 is 1.03 bits per heavy atom. The van der Waals surface area contributed by atoms with Crippen LogP contribution in [0.4, 0.5) is 5.69 Å². The molecule has 0 bridgehead atoms. The van der Waals surface area contributed by atoms with Crippen molar-refractivity contribution in [2.75, 3.05) is 37.9 Å². The Kier molecular flexibility index (Phi) is 9.79. The smallest absolute Gasteiger partial charge is 0.244 e. The highest BCUT2D eigenvalue weighted by Crippen LogP contribution is 2.32. The van der Waals surface area contributed by atoms with E-state index in [-0.39, 0.29) is 24.2 Å². The normalized spacial score (nSPS) is 14.6. The molecular formula is C27H37N3O6S. The van der Waals surface area contributed by atoms with Crippen LogP contribution in [0, 0.1) is 0 Å². The van der Waals surface area contributed by atoms with E-state index in [1.807, 2.05) is 30.3 Å². The molecule has 9 nitrogen and oxygen atoms in total. The molecule has 2 amide bonds. The number of anilines is 1. The van der Waals surface area contributed by atoms with E-state index in [4.69, 9.17) is 9.47 Å². The van der Waals surface area contributed by atoms with E-state index in [1.54, 1.807) is 19.1 Å². The van der Waals surface area contributed by atoms with Gasteiger partial charge in [0.15, 0.2) is 11.5 Å². The number of hydrogen-bond acceptors (Lipinski definition) is 6. The van der Waals surface area contributed by atoms with Crippen molar-refractivity contribution < 1.29 is 27.5 Å². The van der Waals surface area contributed by atoms with E-state index in [9.17, 15) is 18.0 Å². The summed E-state index contributed by atoms with van der Waals surface area (Å²) in [7, 11) is -0.898. The van der Waals surface area contributed by atoms with E-state index >= 15 is 0 Å². The lowest BCUT2D eigenvalue weighted by atomic mass is 10.1. The highest BCUT2D eigenvalue weighted by Gasteiger charge is 2.31. The highest BCUT2D eigenvalue weighted by atomic mass is 32.2. The van der Waals surface area contributed by atoms with Gasteiger partial charge in [0, 0.05) is 18.7 Å². The summed E-state index contributed by atoms with van der Waals surface area (Å²) in [6.45, 7) is 1.50. The zero-order chi connectivity index (χ0) is 27.0. The molecule has 202 valence electrons. The summed E-state index contributed by atoms with van der Waals surface area (Å²) in [5.41, 5.74) is 1.28. The maximum Gasteiger partial charge on any atom is 0.244 e. The van der Waals surface area contributed by atoms with Crippen LogP contribution in [-0.2, 0) is 26.0 Å². The van der Waals surface area contributed by atoms with Gasteiger partial charge in [0.1, 0.15) is 12.6 Å². The van der Waals surface area contributed by atoms with Crippen LogP contribution in [0.1, 0.15) is 38.2 Å². The van der Waals surface area contributed by atoms with Crippen LogP contribution >= 0.6 is 0 Å². The van der Waals surface area contributed by atoms with Gasteiger partial charge in [0.2, 0.25) is 21.8 Å². The Hall–Kier alpha value is -3.27. The quantitative estimate of drug-likeness (QED) is 0.452. The predicted octanol–water partition coefficient (Wildman–Crippen LogP) is 2.99. The molecule has 0 heterocycles. The van der Waals surface area contributed by atoms with E-state index in [0.29, 0.717) is 17.9 Å². The molecular weight excluding hydrogens is 494 g/mol. The molecule has 2 aromatic rings. The minimum absolute atomic E-state index is 0.111. The standard InChI is InChI=1S/C27H37N3O6S/c1-20(27(32)28-22-12-8-9-13-22)29(17-16-21-10-6-5-7-11-21)26(31)19-30(37(4,33)34)23-14-15-24(35-2)25(18-23)36-3/h5-7,10-11,14-15,18,20,22H,8-9,12-13,16-17,19H2,1-4H3,(H,28,32). The average molecular weight is 532 g/mol. The molecule has 0 spiro atoms. The van der Waals surface area contributed by atoms with Crippen LogP contribution < -0.4 is 19.1 Å². The summed E-state index contributed by atoms with van der Waals surface area (Å²) in [4.78, 5) is 28.2. The molecule has 0 aromatic heterocycles. The molecule has 0 radical (unpaired) electrons. The zero-order valence-corrected chi connectivity index (χ0v) is 22.8. The second-order valence-electron chi connectivity index (χ2n) is 9.30. The number of amides is 2. The molecule has 1 N–H and O–H groups in total. The fraction of sp³-hybridized carbons (Fsp3) is 0.481. The largest absolute Gasteiger partial charge is 0.493 e. The van der Waals surface area contributed by atoms with Gasteiger partial charge in [-0.15, -0.1) is 0 Å². The van der Waals surface area contributed by atoms with Gasteiger partial charge in [-0.05, 0) is 43.9 Å². The van der Waals surface area contributed by atoms with E-state index in [1.165, 1.54) is 25.2 Å². The molecule has 1 aliphatic carbocycles. The molecule has 1 saturated carbocycles. The summed E-state index contributed by atoms with van der Waals surface area (Å²) in [6.07, 6.45) is 5.58. The first-order valence-electron chi connectivity index (χ1n) is 12.5. The molecule has 1 unspecified atom stereocenters. The SMILES string of the molecule is COc1ccc(N(CC(=O)N(CCc2ccccc2)C(C)C(=O)NC2CCCC2)S(C)(=O)=O)cc1OC. The maximum absolute atomic E-state index is 13.6. The molecule has 3 rings (SSSR count). The van der Waals surface area contributed by atoms with Crippen LogP contribution in [0.2, 0.25) is 0 Å². The van der Waals surface area contributed by atoms with Gasteiger partial charge < -0.3 is 19.7 Å². The Labute approximate surface area is 219 Å². The van der Waals surface area contributed by atoms with E-state index in [2.05, 4.69) is 5.32 Å². The Balaban J connectivity index is 1.86. The number of carbonyl (C=O) groups excluding carboxylic acids is 2. The van der Waals surface area contributed by atoms with Crippen LogP contribution in [0.3, 0.4) is 0 Å². The van der Waals surface area contributed by atoms with Crippen LogP contribution in [0.15, 0.2) is 48.5 Å². The first-order chi connectivity index (χ1) is 17.6. The van der Waals surface area contributed by atoms with Crippen molar-refractivity contribution >= 4 is 27.5 Å². The lowest BCUT2D eigenvalue weighted by molar-refractivity contribution is -0.139. The lowest BCUT2D eigenvalue weighted by Crippen LogP contribution is -2.53. The van der Waals surface area contributed by atoms with Gasteiger partial charge in [0.25, 0.3) is 0 Å². The predicted molar refractivity (Wildman–Crippen MR) is 143 cm³/mol. The Morgan fingerprint density at radius 2 is 1.68 bits per heavy atom. The first kappa shape index (κ1) is 28.3. The summed E-state index contributed by atoms with van der Waals surface area (Å²) < 4.78 is 37.1. The minimum Gasteiger partial charge on any atom is -0.493 e. The van der Waals surface area contributed by atoms with Crippen molar-refractivity contribution in [3.05, 3.63) is 54.1 Å². The molecule has 0 aliphatic heterocycles. The zero-order valence-electron chi connectivity index (χ0n) is 22.0. The van der Waals surface area contributed by atoms with Crippen LogP contribution in [-0.4, -0.2) is 70.8 Å². The first-order valence-corrected chi connectivity index (χ1v) is 14.3. The van der Waals surface area contributed by atoms with Crippen LogP contribution in [0.25, 0.3) is 0 Å². The number of ether oxygens (including phenoxy) is 2. The topological polar surface area (TPSA) is 105 Å². The second-order valence-corrected chi connectivity index (χ2v) is 11.2. The molecule has 2 aromatic carbocycles. The Bertz CT molecular complexity index is 1170. The molecule has 1 atom stereocenters. The summed E-state index contributed by atoms with van der Waals surface area (Å²) >= 11 is 0. The number of sulfonamides is 1. The molecule has 0 saturated heterocycles. The summed E-state index contributed by atoms with van der Waals surface area (Å²) in [5, 5.41) is 3.06. The van der Waals surface area contributed by atoms with Crippen molar-refractivity contribution in [3.63, 3.8) is 0 Å². The minimum atomic E-state index is -3.83. The molecule has 37 heavy (non-hydrogen) atoms. The van der Waals surface area contributed by atoms with Crippen molar-refractivity contribution in [2.24, 2.45) is 0 Å². The average Bonchev–Trinajstić information content (AvgIpc) is 3.39. The third-order valence-electron chi connectivity index (χ3n) is 6.69. The van der Waals surface area contributed by atoms with Gasteiger partial charge in [-0.2, -0.15) is 0 Å². The number of methoxy groups -OCH3 is 2. The third kappa shape index (κ3) is 7.61. The number of benzene rings is 2. The molecule has 1 aliphatic rings. The third-order valence-corrected chi connectivity index (χ3v) is 7.83. The van der Waals surface area contributed by atoms with Crippen LogP contribution in [0.5, 0.6) is 11.5 Å².